The molecule has 3 aromatic heterocycles. The third kappa shape index (κ3) is 3.57. The highest BCUT2D eigenvalue weighted by molar-refractivity contribution is 6.39. The summed E-state index contributed by atoms with van der Waals surface area (Å²) in [6, 6.07) is 2.52. The summed E-state index contributed by atoms with van der Waals surface area (Å²) in [5, 5.41) is 3.16. The summed E-state index contributed by atoms with van der Waals surface area (Å²) in [6.07, 6.45) is 6.30. The molecular weight excluding hydrogens is 431 g/mol. The third-order valence-corrected chi connectivity index (χ3v) is 5.57. The van der Waals surface area contributed by atoms with Gasteiger partial charge in [-0.25, -0.2) is 9.78 Å². The predicted molar refractivity (Wildman–Crippen MR) is 113 cm³/mol. The van der Waals surface area contributed by atoms with Gasteiger partial charge in [0.25, 0.3) is 5.91 Å². The molecule has 0 bridgehead atoms. The average molecular weight is 447 g/mol. The number of pyridine rings is 3. The van der Waals surface area contributed by atoms with Gasteiger partial charge in [-0.15, -0.1) is 0 Å². The minimum absolute atomic E-state index is 0.100. The Morgan fingerprint density at radius 1 is 1.23 bits per heavy atom. The van der Waals surface area contributed by atoms with Crippen LogP contribution in [0.3, 0.4) is 0 Å². The highest BCUT2D eigenvalue weighted by atomic mass is 35.5. The fourth-order valence-electron chi connectivity index (χ4n) is 3.50. The largest absolute Gasteiger partial charge is 0.351 e. The Kier molecular flexibility index (Phi) is 5.31. The number of nitrogens with one attached hydrogen (secondary N) is 1. The number of primary amides is 1. The number of nitrogens with two attached hydrogens (primary N) is 1. The van der Waals surface area contributed by atoms with E-state index in [-0.39, 0.29) is 32.7 Å². The summed E-state index contributed by atoms with van der Waals surface area (Å²) in [5.41, 5.74) is 5.40. The topological polar surface area (TPSA) is 123 Å². The summed E-state index contributed by atoms with van der Waals surface area (Å²) >= 11 is 12.1. The molecule has 0 spiro atoms. The van der Waals surface area contributed by atoms with Crippen LogP contribution in [0.15, 0.2) is 41.7 Å². The Balaban J connectivity index is 1.79. The second-order valence-corrected chi connectivity index (χ2v) is 7.63. The van der Waals surface area contributed by atoms with Gasteiger partial charge in [0.2, 0.25) is 5.43 Å². The number of likely N-dealkylation sites (tertiary alicyclic amines) is 1. The first kappa shape index (κ1) is 20.1. The van der Waals surface area contributed by atoms with Gasteiger partial charge in [0.15, 0.2) is 0 Å². The maximum absolute atomic E-state index is 13.0. The van der Waals surface area contributed by atoms with Crippen LogP contribution in [-0.4, -0.2) is 44.5 Å². The van der Waals surface area contributed by atoms with Crippen LogP contribution in [0.1, 0.15) is 22.8 Å². The number of hydrogen-bond acceptors (Lipinski definition) is 5. The molecule has 1 saturated heterocycles. The van der Waals surface area contributed by atoms with Crippen molar-refractivity contribution in [2.24, 2.45) is 5.73 Å². The van der Waals surface area contributed by atoms with E-state index in [0.29, 0.717) is 25.2 Å². The van der Waals surface area contributed by atoms with Crippen molar-refractivity contribution >= 4 is 51.9 Å². The number of urea groups is 1. The number of carbonyl (C=O) groups excluding carboxylic acids is 2. The number of aromatic nitrogens is 3. The van der Waals surface area contributed by atoms with Gasteiger partial charge in [-0.05, 0) is 18.6 Å². The van der Waals surface area contributed by atoms with Gasteiger partial charge in [-0.2, -0.15) is 0 Å². The normalized spacial score (nSPS) is 16.1. The molecule has 1 unspecified atom stereocenters. The number of amides is 3. The minimum atomic E-state index is -0.667. The Morgan fingerprint density at radius 2 is 1.97 bits per heavy atom. The number of rotatable bonds is 3. The molecule has 154 valence electrons. The molecule has 1 fully saturated rings. The third-order valence-electron chi connectivity index (χ3n) is 4.99. The molecule has 0 aromatic carbocycles. The van der Waals surface area contributed by atoms with E-state index in [1.165, 1.54) is 23.5 Å². The Bertz CT molecular complexity index is 1210. The smallest absolute Gasteiger partial charge is 0.314 e. The molecule has 3 amide bonds. The second-order valence-electron chi connectivity index (χ2n) is 6.81. The lowest BCUT2D eigenvalue weighted by atomic mass is 10.1. The molecule has 11 heteroatoms. The van der Waals surface area contributed by atoms with Crippen molar-refractivity contribution in [1.29, 1.82) is 0 Å². The SMILES string of the molecule is NC(=O)N1CCC(n2cc(C(=O)Nc3c(Cl)cncc3Cl)c(=O)c3cccnc32)C1. The van der Waals surface area contributed by atoms with Crippen molar-refractivity contribution in [3.05, 3.63) is 62.8 Å². The van der Waals surface area contributed by atoms with Crippen LogP contribution in [0.2, 0.25) is 10.0 Å². The zero-order valence-corrected chi connectivity index (χ0v) is 17.0. The van der Waals surface area contributed by atoms with Crippen LogP contribution in [-0.2, 0) is 0 Å². The molecule has 9 nitrogen and oxygen atoms in total. The highest BCUT2D eigenvalue weighted by Gasteiger charge is 2.28. The van der Waals surface area contributed by atoms with Crippen LogP contribution in [0.25, 0.3) is 11.0 Å². The Morgan fingerprint density at radius 3 is 2.63 bits per heavy atom. The molecule has 0 aliphatic carbocycles. The zero-order valence-electron chi connectivity index (χ0n) is 15.5. The van der Waals surface area contributed by atoms with Crippen molar-refractivity contribution in [2.75, 3.05) is 18.4 Å². The minimum Gasteiger partial charge on any atom is -0.351 e. The number of carbonyl (C=O) groups is 2. The maximum Gasteiger partial charge on any atom is 0.314 e. The van der Waals surface area contributed by atoms with Gasteiger partial charge in [0.1, 0.15) is 11.2 Å². The lowest BCUT2D eigenvalue weighted by Gasteiger charge is -2.19. The lowest BCUT2D eigenvalue weighted by Crippen LogP contribution is -2.34. The van der Waals surface area contributed by atoms with Crippen molar-refractivity contribution in [2.45, 2.75) is 12.5 Å². The summed E-state index contributed by atoms with van der Waals surface area (Å²) in [6.45, 7) is 0.831. The molecule has 0 radical (unpaired) electrons. The van der Waals surface area contributed by atoms with E-state index in [4.69, 9.17) is 28.9 Å². The first-order valence-corrected chi connectivity index (χ1v) is 9.77. The summed E-state index contributed by atoms with van der Waals surface area (Å²) in [4.78, 5) is 47.1. The molecule has 3 aromatic rings. The van der Waals surface area contributed by atoms with E-state index in [2.05, 4.69) is 15.3 Å². The number of hydrogen-bond donors (Lipinski definition) is 2. The summed E-state index contributed by atoms with van der Waals surface area (Å²) in [7, 11) is 0. The van der Waals surface area contributed by atoms with Crippen molar-refractivity contribution in [3.8, 4) is 0 Å². The van der Waals surface area contributed by atoms with Crippen molar-refractivity contribution in [3.63, 3.8) is 0 Å². The van der Waals surface area contributed by atoms with E-state index in [1.807, 2.05) is 0 Å². The molecule has 1 atom stereocenters. The van der Waals surface area contributed by atoms with Crippen LogP contribution >= 0.6 is 23.2 Å². The fraction of sp³-hybridized carbons (Fsp3) is 0.211. The monoisotopic (exact) mass is 446 g/mol. The highest BCUT2D eigenvalue weighted by Crippen LogP contribution is 2.29. The Hall–Kier alpha value is -3.17. The second kappa shape index (κ2) is 7.92. The van der Waals surface area contributed by atoms with E-state index in [1.54, 1.807) is 22.9 Å². The maximum atomic E-state index is 13.0. The van der Waals surface area contributed by atoms with Gasteiger partial charge in [-0.3, -0.25) is 14.6 Å². The van der Waals surface area contributed by atoms with E-state index >= 15 is 0 Å². The van der Waals surface area contributed by atoms with E-state index < -0.39 is 17.4 Å². The quantitative estimate of drug-likeness (QED) is 0.639. The molecule has 4 rings (SSSR count). The Labute approximate surface area is 180 Å². The summed E-state index contributed by atoms with van der Waals surface area (Å²) < 4.78 is 1.74. The van der Waals surface area contributed by atoms with Gasteiger partial charge in [-0.1, -0.05) is 23.2 Å². The first-order valence-electron chi connectivity index (χ1n) is 9.01. The van der Waals surface area contributed by atoms with Crippen LogP contribution in [0.5, 0.6) is 0 Å². The number of nitrogens with zero attached hydrogens (tertiary/aromatic N) is 4. The first-order chi connectivity index (χ1) is 14.4. The van der Waals surface area contributed by atoms with Crippen LogP contribution in [0, 0.1) is 0 Å². The molecule has 4 heterocycles. The van der Waals surface area contributed by atoms with Gasteiger partial charge < -0.3 is 20.5 Å². The number of fused-ring (bicyclic) bond motifs is 1. The number of halogens is 2. The van der Waals surface area contributed by atoms with Gasteiger partial charge in [0, 0.05) is 37.9 Å². The zero-order chi connectivity index (χ0) is 21.4. The molecule has 30 heavy (non-hydrogen) atoms. The van der Waals surface area contributed by atoms with Crippen molar-refractivity contribution in [1.82, 2.24) is 19.4 Å². The predicted octanol–water partition coefficient (Wildman–Crippen LogP) is 2.68. The molecule has 1 aliphatic rings. The van der Waals surface area contributed by atoms with Crippen LogP contribution < -0.4 is 16.5 Å². The standard InChI is InChI=1S/C19H16Cl2N6O3/c20-13-6-23-7-14(21)15(13)25-18(29)12-9-27(10-3-5-26(8-10)19(22)30)17-11(16(12)28)2-1-4-24-17/h1-2,4,6-7,9-10H,3,5,8H2,(H2,22,30)(H,23,25,29). The van der Waals surface area contributed by atoms with E-state index in [0.717, 1.165) is 0 Å². The van der Waals surface area contributed by atoms with Crippen molar-refractivity contribution < 1.29 is 9.59 Å². The molecular formula is C19H16Cl2N6O3. The fourth-order valence-corrected chi connectivity index (χ4v) is 3.96. The number of anilines is 1. The average Bonchev–Trinajstić information content (AvgIpc) is 3.21. The molecule has 3 N–H and O–H groups in total. The summed E-state index contributed by atoms with van der Waals surface area (Å²) in [5.74, 6) is -0.667. The van der Waals surface area contributed by atoms with E-state index in [9.17, 15) is 14.4 Å². The lowest BCUT2D eigenvalue weighted by molar-refractivity contribution is 0.102. The van der Waals surface area contributed by atoms with Gasteiger partial charge in [0.05, 0.1) is 27.2 Å². The molecule has 0 saturated carbocycles. The van der Waals surface area contributed by atoms with Crippen LogP contribution in [0.4, 0.5) is 10.5 Å². The van der Waals surface area contributed by atoms with Gasteiger partial charge >= 0.3 is 6.03 Å². The molecule has 1 aliphatic heterocycles.